The summed E-state index contributed by atoms with van der Waals surface area (Å²) < 4.78 is 12.5. The zero-order valence-corrected chi connectivity index (χ0v) is 18.6. The van der Waals surface area contributed by atoms with Gasteiger partial charge in [-0.15, -0.1) is 11.3 Å². The molecule has 6 nitrogen and oxygen atoms in total. The van der Waals surface area contributed by atoms with Gasteiger partial charge in [-0.2, -0.15) is 0 Å². The van der Waals surface area contributed by atoms with Gasteiger partial charge in [0.05, 0.1) is 23.4 Å². The number of aromatic nitrogens is 2. The number of nitrogens with zero attached hydrogens (tertiary/aromatic N) is 2. The number of benzene rings is 2. The van der Waals surface area contributed by atoms with E-state index in [9.17, 15) is 4.79 Å². The first kappa shape index (κ1) is 21.5. The number of carbonyl (C=O) groups is 1. The van der Waals surface area contributed by atoms with Gasteiger partial charge in [0.15, 0.2) is 11.5 Å². The molecule has 2 aromatic heterocycles. The standard InChI is InChI=1S/C25H23N3O3S/c1-17(27-24(29)9-10-25-28-20-5-3-4-6-23(20)32-25)19-7-8-21(22(15-19)30-2)31-16-18-11-13-26-14-12-18/h3-15,17H,16H2,1-2H3,(H,27,29)/b10-9+. The summed E-state index contributed by atoms with van der Waals surface area (Å²) in [7, 11) is 1.60. The molecule has 2 heterocycles. The van der Waals surface area contributed by atoms with Crippen molar-refractivity contribution in [3.8, 4) is 11.5 Å². The lowest BCUT2D eigenvalue weighted by atomic mass is 10.1. The van der Waals surface area contributed by atoms with Crippen LogP contribution in [0.4, 0.5) is 0 Å². The lowest BCUT2D eigenvalue weighted by molar-refractivity contribution is -0.117. The third-order valence-corrected chi connectivity index (χ3v) is 5.88. The van der Waals surface area contributed by atoms with Crippen molar-refractivity contribution in [1.82, 2.24) is 15.3 Å². The number of pyridine rings is 1. The average molecular weight is 446 g/mol. The van der Waals surface area contributed by atoms with Crippen molar-refractivity contribution in [2.45, 2.75) is 19.6 Å². The van der Waals surface area contributed by atoms with Crippen LogP contribution >= 0.6 is 11.3 Å². The number of thiazole rings is 1. The predicted octanol–water partition coefficient (Wildman–Crippen LogP) is 5.17. The van der Waals surface area contributed by atoms with Gasteiger partial charge < -0.3 is 14.8 Å². The van der Waals surface area contributed by atoms with Crippen molar-refractivity contribution >= 4 is 33.5 Å². The molecule has 162 valence electrons. The average Bonchev–Trinajstić information content (AvgIpc) is 3.25. The molecule has 1 unspecified atom stereocenters. The van der Waals surface area contributed by atoms with E-state index >= 15 is 0 Å². The Balaban J connectivity index is 1.38. The minimum Gasteiger partial charge on any atom is -0.493 e. The number of fused-ring (bicyclic) bond motifs is 1. The maximum Gasteiger partial charge on any atom is 0.244 e. The largest absolute Gasteiger partial charge is 0.493 e. The first-order valence-electron chi connectivity index (χ1n) is 10.2. The van der Waals surface area contributed by atoms with E-state index in [1.54, 1.807) is 36.9 Å². The topological polar surface area (TPSA) is 73.3 Å². The summed E-state index contributed by atoms with van der Waals surface area (Å²) in [6.45, 7) is 2.34. The van der Waals surface area contributed by atoms with Crippen LogP contribution in [0.1, 0.15) is 29.1 Å². The van der Waals surface area contributed by atoms with Gasteiger partial charge in [0.2, 0.25) is 5.91 Å². The normalized spacial score (nSPS) is 12.1. The Morgan fingerprint density at radius 3 is 2.72 bits per heavy atom. The van der Waals surface area contributed by atoms with Gasteiger partial charge >= 0.3 is 0 Å². The second-order valence-corrected chi connectivity index (χ2v) is 8.20. The van der Waals surface area contributed by atoms with Crippen molar-refractivity contribution in [2.24, 2.45) is 0 Å². The number of methoxy groups -OCH3 is 1. The van der Waals surface area contributed by atoms with E-state index in [1.807, 2.05) is 61.5 Å². The monoisotopic (exact) mass is 445 g/mol. The van der Waals surface area contributed by atoms with E-state index in [4.69, 9.17) is 9.47 Å². The lowest BCUT2D eigenvalue weighted by Gasteiger charge is -2.16. The van der Waals surface area contributed by atoms with Crippen molar-refractivity contribution in [2.75, 3.05) is 7.11 Å². The van der Waals surface area contributed by atoms with Gasteiger partial charge in [-0.1, -0.05) is 18.2 Å². The molecular weight excluding hydrogens is 422 g/mol. The summed E-state index contributed by atoms with van der Waals surface area (Å²) >= 11 is 1.55. The highest BCUT2D eigenvalue weighted by molar-refractivity contribution is 7.19. The lowest BCUT2D eigenvalue weighted by Crippen LogP contribution is -2.24. The molecule has 7 heteroatoms. The second-order valence-electron chi connectivity index (χ2n) is 7.14. The summed E-state index contributed by atoms with van der Waals surface area (Å²) in [4.78, 5) is 20.9. The number of ether oxygens (including phenoxy) is 2. The number of carbonyl (C=O) groups excluding carboxylic acids is 1. The first-order chi connectivity index (χ1) is 15.6. The first-order valence-corrected chi connectivity index (χ1v) is 11.0. The maximum absolute atomic E-state index is 12.4. The van der Waals surface area contributed by atoms with Crippen LogP contribution in [0.3, 0.4) is 0 Å². The van der Waals surface area contributed by atoms with Gasteiger partial charge in [-0.25, -0.2) is 4.98 Å². The molecule has 0 saturated carbocycles. The highest BCUT2D eigenvalue weighted by Crippen LogP contribution is 2.31. The Hall–Kier alpha value is -3.71. The maximum atomic E-state index is 12.4. The Bertz CT molecular complexity index is 1200. The second kappa shape index (κ2) is 10.1. The fourth-order valence-electron chi connectivity index (χ4n) is 3.17. The summed E-state index contributed by atoms with van der Waals surface area (Å²) in [6.07, 6.45) is 6.71. The van der Waals surface area contributed by atoms with E-state index < -0.39 is 0 Å². The number of hydrogen-bond donors (Lipinski definition) is 1. The Labute approximate surface area is 190 Å². The molecule has 0 bridgehead atoms. The minimum atomic E-state index is -0.203. The molecule has 0 aliphatic heterocycles. The van der Waals surface area contributed by atoms with Gasteiger partial charge in [-0.3, -0.25) is 9.78 Å². The third-order valence-electron chi connectivity index (χ3n) is 4.88. The Morgan fingerprint density at radius 2 is 1.94 bits per heavy atom. The van der Waals surface area contributed by atoms with Gasteiger partial charge in [0.1, 0.15) is 11.6 Å². The summed E-state index contributed by atoms with van der Waals surface area (Å²) in [6, 6.07) is 17.2. The van der Waals surface area contributed by atoms with E-state index in [2.05, 4.69) is 15.3 Å². The van der Waals surface area contributed by atoms with Crippen LogP contribution in [0.5, 0.6) is 11.5 Å². The smallest absolute Gasteiger partial charge is 0.244 e. The predicted molar refractivity (Wildman–Crippen MR) is 127 cm³/mol. The SMILES string of the molecule is COc1cc(C(C)NC(=O)/C=C/c2nc3ccccc3s2)ccc1OCc1ccncc1. The molecule has 4 rings (SSSR count). The van der Waals surface area contributed by atoms with E-state index in [-0.39, 0.29) is 11.9 Å². The van der Waals surface area contributed by atoms with Crippen LogP contribution in [-0.4, -0.2) is 23.0 Å². The van der Waals surface area contributed by atoms with Crippen LogP contribution in [0, 0.1) is 0 Å². The van der Waals surface area contributed by atoms with Gasteiger partial charge in [0, 0.05) is 18.5 Å². The molecule has 1 atom stereocenters. The molecule has 0 saturated heterocycles. The van der Waals surface area contributed by atoms with Crippen molar-refractivity contribution in [1.29, 1.82) is 0 Å². The molecule has 0 radical (unpaired) electrons. The van der Waals surface area contributed by atoms with Crippen LogP contribution in [0.15, 0.2) is 73.1 Å². The van der Waals surface area contributed by atoms with Crippen LogP contribution in [0.2, 0.25) is 0 Å². The molecule has 4 aromatic rings. The molecule has 2 aromatic carbocycles. The summed E-state index contributed by atoms with van der Waals surface area (Å²) in [5, 5.41) is 3.77. The van der Waals surface area contributed by atoms with Crippen molar-refractivity contribution in [3.05, 3.63) is 89.2 Å². The molecule has 0 aliphatic carbocycles. The van der Waals surface area contributed by atoms with Crippen LogP contribution < -0.4 is 14.8 Å². The van der Waals surface area contributed by atoms with Crippen molar-refractivity contribution in [3.63, 3.8) is 0 Å². The fourth-order valence-corrected chi connectivity index (χ4v) is 4.04. The molecule has 1 N–H and O–H groups in total. The number of nitrogens with one attached hydrogen (secondary N) is 1. The van der Waals surface area contributed by atoms with Gasteiger partial charge in [-0.05, 0) is 60.5 Å². The number of para-hydroxylation sites is 1. The highest BCUT2D eigenvalue weighted by atomic mass is 32.1. The zero-order valence-electron chi connectivity index (χ0n) is 17.8. The molecule has 1 amide bonds. The minimum absolute atomic E-state index is 0.186. The van der Waals surface area contributed by atoms with E-state index in [0.717, 1.165) is 26.4 Å². The van der Waals surface area contributed by atoms with Crippen molar-refractivity contribution < 1.29 is 14.3 Å². The number of rotatable bonds is 8. The zero-order chi connectivity index (χ0) is 22.3. The number of hydrogen-bond acceptors (Lipinski definition) is 6. The molecule has 0 spiro atoms. The van der Waals surface area contributed by atoms with Crippen LogP contribution in [-0.2, 0) is 11.4 Å². The highest BCUT2D eigenvalue weighted by Gasteiger charge is 2.12. The summed E-state index contributed by atoms with van der Waals surface area (Å²) in [5.74, 6) is 1.07. The number of amides is 1. The molecule has 0 aliphatic rings. The third kappa shape index (κ3) is 5.31. The van der Waals surface area contributed by atoms with Crippen LogP contribution in [0.25, 0.3) is 16.3 Å². The summed E-state index contributed by atoms with van der Waals surface area (Å²) in [5.41, 5.74) is 2.87. The Morgan fingerprint density at radius 1 is 1.12 bits per heavy atom. The fraction of sp³-hybridized carbons (Fsp3) is 0.160. The molecular formula is C25H23N3O3S. The quantitative estimate of drug-likeness (QED) is 0.379. The van der Waals surface area contributed by atoms with E-state index in [1.165, 1.54) is 6.08 Å². The van der Waals surface area contributed by atoms with Gasteiger partial charge in [0.25, 0.3) is 0 Å². The molecule has 0 fully saturated rings. The van der Waals surface area contributed by atoms with E-state index in [0.29, 0.717) is 18.1 Å². The molecule has 32 heavy (non-hydrogen) atoms. The Kier molecular flexibility index (Phi) is 6.77.